The third-order valence-electron chi connectivity index (χ3n) is 4.01. The average Bonchev–Trinajstić information content (AvgIpc) is 2.92. The van der Waals surface area contributed by atoms with Crippen LogP contribution in [0.1, 0.15) is 34.6 Å². The molecule has 0 saturated carbocycles. The van der Waals surface area contributed by atoms with Gasteiger partial charge in [0.25, 0.3) is 5.91 Å². The first kappa shape index (κ1) is 16.3. The second-order valence-electron chi connectivity index (χ2n) is 5.66. The van der Waals surface area contributed by atoms with Gasteiger partial charge in [-0.25, -0.2) is 0 Å². The molecule has 128 valence electrons. The van der Waals surface area contributed by atoms with Crippen molar-refractivity contribution in [2.45, 2.75) is 25.7 Å². The van der Waals surface area contributed by atoms with Crippen LogP contribution >= 0.6 is 0 Å². The highest BCUT2D eigenvalue weighted by molar-refractivity contribution is 6.08. The number of nitrogens with two attached hydrogens (primary N) is 1. The maximum absolute atomic E-state index is 12.9. The molecule has 2 aromatic rings. The molecule has 1 aromatic carbocycles. The first-order valence-corrected chi connectivity index (χ1v) is 7.20. The number of aliphatic hydroxyl groups excluding tert-OH is 1. The molecule has 9 heteroatoms. The van der Waals surface area contributed by atoms with Gasteiger partial charge in [0.15, 0.2) is 0 Å². The smallest absolute Gasteiger partial charge is 0.396 e. The minimum Gasteiger partial charge on any atom is -0.396 e. The molecule has 0 fully saturated rings. The zero-order chi connectivity index (χ0) is 17.6. The number of rotatable bonds is 2. The predicted molar refractivity (Wildman–Crippen MR) is 80.4 cm³/mol. The van der Waals surface area contributed by atoms with E-state index in [1.807, 2.05) is 6.92 Å². The number of fused-ring (bicyclic) bond motifs is 1. The summed E-state index contributed by atoms with van der Waals surface area (Å²) in [7, 11) is 0. The summed E-state index contributed by atoms with van der Waals surface area (Å²) in [6, 6.07) is 3.08. The second-order valence-corrected chi connectivity index (χ2v) is 5.66. The van der Waals surface area contributed by atoms with Crippen LogP contribution in [0.15, 0.2) is 24.4 Å². The SMILES string of the molecule is C[C@H]1CN(c2ccc(C(F)(F)F)c(CO)c2)C(=O)c2c(N)cnn21. The molecular weight excluding hydrogens is 325 g/mol. The van der Waals surface area contributed by atoms with Crippen LogP contribution in [0.25, 0.3) is 0 Å². The van der Waals surface area contributed by atoms with Crippen molar-refractivity contribution in [2.24, 2.45) is 0 Å². The van der Waals surface area contributed by atoms with Gasteiger partial charge in [0.2, 0.25) is 0 Å². The number of halogens is 3. The van der Waals surface area contributed by atoms with Gasteiger partial charge in [-0.1, -0.05) is 0 Å². The number of anilines is 2. The quantitative estimate of drug-likeness (QED) is 0.878. The van der Waals surface area contributed by atoms with Gasteiger partial charge in [0.1, 0.15) is 5.69 Å². The number of nitrogens with zero attached hydrogens (tertiary/aromatic N) is 3. The van der Waals surface area contributed by atoms with Crippen molar-refractivity contribution in [3.05, 3.63) is 41.2 Å². The standard InChI is InChI=1S/C15H15F3N4O2/c1-8-6-21(14(24)13-12(19)5-20-22(8)13)10-2-3-11(15(16,17)18)9(4-10)7-23/h2-5,8,23H,6-7,19H2,1H3/t8-/m0/s1. The number of benzene rings is 1. The Bertz CT molecular complexity index is 801. The van der Waals surface area contributed by atoms with Crippen LogP contribution in [0.2, 0.25) is 0 Å². The summed E-state index contributed by atoms with van der Waals surface area (Å²) < 4.78 is 40.3. The normalized spacial score (nSPS) is 18.0. The van der Waals surface area contributed by atoms with Gasteiger partial charge in [0, 0.05) is 12.2 Å². The maximum Gasteiger partial charge on any atom is 0.416 e. The number of carbonyl (C=O) groups excluding carboxylic acids is 1. The van der Waals surface area contributed by atoms with Crippen LogP contribution in [0.5, 0.6) is 0 Å². The van der Waals surface area contributed by atoms with E-state index in [1.165, 1.54) is 27.9 Å². The number of hydrogen-bond donors (Lipinski definition) is 2. The summed E-state index contributed by atoms with van der Waals surface area (Å²) in [5.74, 6) is -0.438. The lowest BCUT2D eigenvalue weighted by Gasteiger charge is -2.32. The molecule has 0 aliphatic carbocycles. The average molecular weight is 340 g/mol. The van der Waals surface area contributed by atoms with Gasteiger partial charge in [-0.2, -0.15) is 18.3 Å². The molecule has 0 saturated heterocycles. The third-order valence-corrected chi connectivity index (χ3v) is 4.01. The highest BCUT2D eigenvalue weighted by Gasteiger charge is 2.36. The van der Waals surface area contributed by atoms with E-state index in [-0.39, 0.29) is 35.2 Å². The van der Waals surface area contributed by atoms with Crippen molar-refractivity contribution in [1.29, 1.82) is 0 Å². The third kappa shape index (κ3) is 2.50. The Morgan fingerprint density at radius 2 is 2.12 bits per heavy atom. The Morgan fingerprint density at radius 1 is 1.42 bits per heavy atom. The summed E-state index contributed by atoms with van der Waals surface area (Å²) in [6.45, 7) is 1.29. The Labute approximate surface area is 135 Å². The second kappa shape index (κ2) is 5.52. The largest absolute Gasteiger partial charge is 0.416 e. The first-order valence-electron chi connectivity index (χ1n) is 7.20. The highest BCUT2D eigenvalue weighted by atomic mass is 19.4. The number of hydrogen-bond acceptors (Lipinski definition) is 4. The monoisotopic (exact) mass is 340 g/mol. The fraction of sp³-hybridized carbons (Fsp3) is 0.333. The topological polar surface area (TPSA) is 84.4 Å². The van der Waals surface area contributed by atoms with Gasteiger partial charge < -0.3 is 15.7 Å². The molecule has 0 radical (unpaired) electrons. The number of aliphatic hydroxyl groups is 1. The molecule has 1 aromatic heterocycles. The number of amides is 1. The molecule has 3 N–H and O–H groups in total. The van der Waals surface area contributed by atoms with E-state index >= 15 is 0 Å². The van der Waals surface area contributed by atoms with E-state index in [2.05, 4.69) is 5.10 Å². The van der Waals surface area contributed by atoms with Crippen LogP contribution in [0.4, 0.5) is 24.5 Å². The van der Waals surface area contributed by atoms with Crippen LogP contribution < -0.4 is 10.6 Å². The minimum atomic E-state index is -4.57. The van der Waals surface area contributed by atoms with Crippen molar-refractivity contribution in [2.75, 3.05) is 17.2 Å². The van der Waals surface area contributed by atoms with Crippen LogP contribution in [-0.2, 0) is 12.8 Å². The van der Waals surface area contributed by atoms with Crippen molar-refractivity contribution in [3.8, 4) is 0 Å². The lowest BCUT2D eigenvalue weighted by atomic mass is 10.0. The van der Waals surface area contributed by atoms with Gasteiger partial charge in [0.05, 0.1) is 30.1 Å². The molecule has 3 rings (SSSR count). The lowest BCUT2D eigenvalue weighted by Crippen LogP contribution is -2.43. The molecule has 1 amide bonds. The fourth-order valence-electron chi connectivity index (χ4n) is 2.86. The molecular formula is C15H15F3N4O2. The van der Waals surface area contributed by atoms with E-state index in [0.717, 1.165) is 6.07 Å². The predicted octanol–water partition coefficient (Wildman–Crippen LogP) is 2.20. The summed E-state index contributed by atoms with van der Waals surface area (Å²) in [5, 5.41) is 13.3. The molecule has 1 aliphatic heterocycles. The summed E-state index contributed by atoms with van der Waals surface area (Å²) in [5.41, 5.74) is 5.26. The van der Waals surface area contributed by atoms with Crippen LogP contribution in [0, 0.1) is 0 Å². The number of carbonyl (C=O) groups is 1. The fourth-order valence-corrected chi connectivity index (χ4v) is 2.86. The number of aromatic nitrogens is 2. The minimum absolute atomic E-state index is 0.185. The first-order chi connectivity index (χ1) is 11.2. The van der Waals surface area contributed by atoms with Crippen molar-refractivity contribution in [1.82, 2.24) is 9.78 Å². The molecule has 0 spiro atoms. The Kier molecular flexibility index (Phi) is 3.75. The zero-order valence-electron chi connectivity index (χ0n) is 12.7. The summed E-state index contributed by atoms with van der Waals surface area (Å²) >= 11 is 0. The van der Waals surface area contributed by atoms with Crippen LogP contribution in [0.3, 0.4) is 0 Å². The van der Waals surface area contributed by atoms with Crippen molar-refractivity contribution < 1.29 is 23.1 Å². The van der Waals surface area contributed by atoms with E-state index in [9.17, 15) is 23.1 Å². The maximum atomic E-state index is 12.9. The van der Waals surface area contributed by atoms with E-state index in [0.29, 0.717) is 0 Å². The van der Waals surface area contributed by atoms with Crippen LogP contribution in [-0.4, -0.2) is 27.3 Å². The van der Waals surface area contributed by atoms with Gasteiger partial charge >= 0.3 is 6.18 Å². The van der Waals surface area contributed by atoms with Gasteiger partial charge in [-0.3, -0.25) is 9.48 Å². The zero-order valence-corrected chi connectivity index (χ0v) is 12.7. The van der Waals surface area contributed by atoms with Crippen molar-refractivity contribution in [3.63, 3.8) is 0 Å². The lowest BCUT2D eigenvalue weighted by molar-refractivity contribution is -0.138. The van der Waals surface area contributed by atoms with E-state index < -0.39 is 24.3 Å². The highest BCUT2D eigenvalue weighted by Crippen LogP contribution is 2.35. The molecule has 24 heavy (non-hydrogen) atoms. The molecule has 6 nitrogen and oxygen atoms in total. The van der Waals surface area contributed by atoms with Gasteiger partial charge in [-0.15, -0.1) is 0 Å². The summed E-state index contributed by atoms with van der Waals surface area (Å²) in [6.07, 6.45) is -3.20. The van der Waals surface area contributed by atoms with Crippen molar-refractivity contribution >= 4 is 17.3 Å². The Morgan fingerprint density at radius 3 is 2.75 bits per heavy atom. The number of alkyl halides is 3. The Hall–Kier alpha value is -2.55. The molecule has 1 atom stereocenters. The molecule has 1 aliphatic rings. The van der Waals surface area contributed by atoms with Gasteiger partial charge in [-0.05, 0) is 30.7 Å². The molecule has 0 bridgehead atoms. The molecule has 0 unspecified atom stereocenters. The Balaban J connectivity index is 2.04. The summed E-state index contributed by atoms with van der Waals surface area (Å²) in [4.78, 5) is 14.0. The molecule has 2 heterocycles. The van der Waals surface area contributed by atoms with E-state index in [4.69, 9.17) is 5.73 Å². The van der Waals surface area contributed by atoms with E-state index in [1.54, 1.807) is 0 Å². The number of nitrogen functional groups attached to an aromatic ring is 1.